The molecular formula is C19H29NO. The molecule has 0 aromatic carbocycles. The number of hydrogen-bond acceptors (Lipinski definition) is 2. The SMILES string of the molecule is C[C@]12C=C[C@H](O)C[C@H]1CCC1=C3CC[C@H](N)[C@@]3(C)CC[C@@H]12. The highest BCUT2D eigenvalue weighted by molar-refractivity contribution is 5.37. The second kappa shape index (κ2) is 4.45. The Morgan fingerprint density at radius 2 is 2.00 bits per heavy atom. The first-order valence-electron chi connectivity index (χ1n) is 8.80. The summed E-state index contributed by atoms with van der Waals surface area (Å²) in [6.07, 6.45) is 12.6. The normalized spacial score (nSPS) is 52.4. The fourth-order valence-corrected chi connectivity index (χ4v) is 6.07. The van der Waals surface area contributed by atoms with Crippen LogP contribution in [-0.2, 0) is 0 Å². The molecule has 0 aliphatic heterocycles. The first-order valence-corrected chi connectivity index (χ1v) is 8.80. The Labute approximate surface area is 128 Å². The van der Waals surface area contributed by atoms with Crippen LogP contribution in [0.3, 0.4) is 0 Å². The summed E-state index contributed by atoms with van der Waals surface area (Å²) < 4.78 is 0. The van der Waals surface area contributed by atoms with Crippen molar-refractivity contribution in [1.29, 1.82) is 0 Å². The van der Waals surface area contributed by atoms with Crippen LogP contribution >= 0.6 is 0 Å². The smallest absolute Gasteiger partial charge is 0.0724 e. The Bertz CT molecular complexity index is 522. The van der Waals surface area contributed by atoms with Gasteiger partial charge in [0.2, 0.25) is 0 Å². The van der Waals surface area contributed by atoms with Crippen molar-refractivity contribution in [1.82, 2.24) is 0 Å². The second-order valence-electron chi connectivity index (χ2n) is 8.42. The van der Waals surface area contributed by atoms with Crippen LogP contribution < -0.4 is 5.73 Å². The Kier molecular flexibility index (Phi) is 2.97. The van der Waals surface area contributed by atoms with Gasteiger partial charge >= 0.3 is 0 Å². The highest BCUT2D eigenvalue weighted by Crippen LogP contribution is 2.62. The van der Waals surface area contributed by atoms with Crippen molar-refractivity contribution in [2.45, 2.75) is 70.9 Å². The summed E-state index contributed by atoms with van der Waals surface area (Å²) in [4.78, 5) is 0. The molecular weight excluding hydrogens is 258 g/mol. The molecule has 2 fully saturated rings. The van der Waals surface area contributed by atoms with E-state index in [1.54, 1.807) is 11.1 Å². The van der Waals surface area contributed by atoms with Crippen LogP contribution in [0.4, 0.5) is 0 Å². The molecule has 0 amide bonds. The van der Waals surface area contributed by atoms with Gasteiger partial charge in [0.15, 0.2) is 0 Å². The topological polar surface area (TPSA) is 46.2 Å². The fourth-order valence-electron chi connectivity index (χ4n) is 6.07. The summed E-state index contributed by atoms with van der Waals surface area (Å²) in [6, 6.07) is 0.371. The molecule has 4 aliphatic rings. The quantitative estimate of drug-likeness (QED) is 0.669. The summed E-state index contributed by atoms with van der Waals surface area (Å²) in [5.41, 5.74) is 10.5. The van der Waals surface area contributed by atoms with Gasteiger partial charge in [-0.2, -0.15) is 0 Å². The van der Waals surface area contributed by atoms with Crippen molar-refractivity contribution < 1.29 is 5.11 Å². The van der Waals surface area contributed by atoms with Gasteiger partial charge in [0.1, 0.15) is 0 Å². The molecule has 0 spiro atoms. The summed E-state index contributed by atoms with van der Waals surface area (Å²) >= 11 is 0. The number of allylic oxidation sites excluding steroid dienone is 2. The molecule has 21 heavy (non-hydrogen) atoms. The zero-order valence-corrected chi connectivity index (χ0v) is 13.4. The predicted octanol–water partition coefficient (Wildman–Crippen LogP) is 3.56. The van der Waals surface area contributed by atoms with Gasteiger partial charge in [0.05, 0.1) is 6.10 Å². The Morgan fingerprint density at radius 1 is 1.19 bits per heavy atom. The first-order chi connectivity index (χ1) is 9.95. The van der Waals surface area contributed by atoms with Crippen molar-refractivity contribution in [3.8, 4) is 0 Å². The van der Waals surface area contributed by atoms with Gasteiger partial charge < -0.3 is 10.8 Å². The lowest BCUT2D eigenvalue weighted by atomic mass is 9.51. The van der Waals surface area contributed by atoms with Gasteiger partial charge in [-0.15, -0.1) is 0 Å². The number of hydrogen-bond donors (Lipinski definition) is 2. The van der Waals surface area contributed by atoms with E-state index in [9.17, 15) is 5.11 Å². The van der Waals surface area contributed by atoms with E-state index in [1.807, 2.05) is 0 Å². The maximum absolute atomic E-state index is 9.97. The fraction of sp³-hybridized carbons (Fsp3) is 0.789. The lowest BCUT2D eigenvalue weighted by molar-refractivity contribution is 0.0491. The highest BCUT2D eigenvalue weighted by Gasteiger charge is 2.53. The minimum Gasteiger partial charge on any atom is -0.389 e. The van der Waals surface area contributed by atoms with Gasteiger partial charge in [-0.1, -0.05) is 37.1 Å². The maximum atomic E-state index is 9.97. The van der Waals surface area contributed by atoms with E-state index in [-0.39, 0.29) is 16.9 Å². The van der Waals surface area contributed by atoms with E-state index in [1.165, 1.54) is 38.5 Å². The lowest BCUT2D eigenvalue weighted by Gasteiger charge is -2.54. The van der Waals surface area contributed by atoms with Gasteiger partial charge in [-0.05, 0) is 62.2 Å². The van der Waals surface area contributed by atoms with Crippen LogP contribution in [0.15, 0.2) is 23.3 Å². The summed E-state index contributed by atoms with van der Waals surface area (Å²) in [7, 11) is 0. The van der Waals surface area contributed by atoms with Crippen molar-refractivity contribution >= 4 is 0 Å². The molecule has 0 aromatic heterocycles. The third-order valence-electron chi connectivity index (χ3n) is 7.57. The minimum atomic E-state index is -0.217. The maximum Gasteiger partial charge on any atom is 0.0724 e. The Hall–Kier alpha value is -0.600. The molecule has 6 atom stereocenters. The molecule has 4 rings (SSSR count). The molecule has 0 bridgehead atoms. The Morgan fingerprint density at radius 3 is 2.81 bits per heavy atom. The number of aliphatic hydroxyl groups excluding tert-OH is 1. The van der Waals surface area contributed by atoms with E-state index < -0.39 is 0 Å². The number of fused-ring (bicyclic) bond motifs is 4. The van der Waals surface area contributed by atoms with Crippen LogP contribution in [0.2, 0.25) is 0 Å². The molecule has 0 saturated heterocycles. The molecule has 0 aromatic rings. The van der Waals surface area contributed by atoms with Crippen LogP contribution in [0.1, 0.15) is 58.8 Å². The van der Waals surface area contributed by atoms with E-state index in [2.05, 4.69) is 26.0 Å². The van der Waals surface area contributed by atoms with Crippen molar-refractivity contribution in [3.05, 3.63) is 23.3 Å². The number of rotatable bonds is 0. The van der Waals surface area contributed by atoms with Crippen LogP contribution in [0, 0.1) is 22.7 Å². The van der Waals surface area contributed by atoms with Crippen molar-refractivity contribution in [2.75, 3.05) is 0 Å². The molecule has 116 valence electrons. The zero-order valence-electron chi connectivity index (χ0n) is 13.4. The zero-order chi connectivity index (χ0) is 14.8. The number of aliphatic hydroxyl groups is 1. The highest BCUT2D eigenvalue weighted by atomic mass is 16.3. The number of nitrogens with two attached hydrogens (primary N) is 1. The predicted molar refractivity (Wildman–Crippen MR) is 85.7 cm³/mol. The summed E-state index contributed by atoms with van der Waals surface area (Å²) in [5, 5.41) is 9.97. The molecule has 0 heterocycles. The molecule has 0 radical (unpaired) electrons. The minimum absolute atomic E-state index is 0.217. The van der Waals surface area contributed by atoms with E-state index >= 15 is 0 Å². The van der Waals surface area contributed by atoms with Gasteiger partial charge in [0, 0.05) is 11.5 Å². The largest absolute Gasteiger partial charge is 0.389 e. The van der Waals surface area contributed by atoms with Crippen LogP contribution in [0.5, 0.6) is 0 Å². The first kappa shape index (κ1) is 14.0. The second-order valence-corrected chi connectivity index (χ2v) is 8.42. The third kappa shape index (κ3) is 1.78. The van der Waals surface area contributed by atoms with Gasteiger partial charge in [-0.3, -0.25) is 0 Å². The molecule has 2 heteroatoms. The molecule has 3 N–H and O–H groups in total. The van der Waals surface area contributed by atoms with Crippen LogP contribution in [0.25, 0.3) is 0 Å². The van der Waals surface area contributed by atoms with Gasteiger partial charge in [0.25, 0.3) is 0 Å². The lowest BCUT2D eigenvalue weighted by Crippen LogP contribution is -2.47. The monoisotopic (exact) mass is 287 g/mol. The molecule has 4 aliphatic carbocycles. The summed E-state index contributed by atoms with van der Waals surface area (Å²) in [6.45, 7) is 4.86. The molecule has 2 saturated carbocycles. The Balaban J connectivity index is 1.78. The molecule has 0 unspecified atom stereocenters. The summed E-state index contributed by atoms with van der Waals surface area (Å²) in [5.74, 6) is 1.36. The van der Waals surface area contributed by atoms with Crippen molar-refractivity contribution in [2.24, 2.45) is 28.4 Å². The van der Waals surface area contributed by atoms with Gasteiger partial charge in [-0.25, -0.2) is 0 Å². The standard InChI is InChI=1S/C19H29NO/c1-18-9-7-13(21)11-12(18)3-4-14-15-5-6-17(20)19(15,2)10-8-16(14)18/h7,9,12-13,16-17,21H,3-6,8,10-11,20H2,1-2H3/t12-,13+,16+,17+,18+,19+/m1/s1. The van der Waals surface area contributed by atoms with E-state index in [4.69, 9.17) is 5.73 Å². The average Bonchev–Trinajstić information content (AvgIpc) is 2.76. The van der Waals surface area contributed by atoms with Crippen molar-refractivity contribution in [3.63, 3.8) is 0 Å². The average molecular weight is 287 g/mol. The van der Waals surface area contributed by atoms with Crippen LogP contribution in [-0.4, -0.2) is 17.3 Å². The van der Waals surface area contributed by atoms with E-state index in [0.717, 1.165) is 6.42 Å². The third-order valence-corrected chi connectivity index (χ3v) is 7.57. The molecule has 2 nitrogen and oxygen atoms in total. The van der Waals surface area contributed by atoms with E-state index in [0.29, 0.717) is 17.9 Å².